The van der Waals surface area contributed by atoms with Gasteiger partial charge in [0.05, 0.1) is 24.6 Å². The van der Waals surface area contributed by atoms with Crippen LogP contribution in [0.1, 0.15) is 12.0 Å². The zero-order chi connectivity index (χ0) is 14.4. The zero-order valence-corrected chi connectivity index (χ0v) is 11.6. The van der Waals surface area contributed by atoms with E-state index in [9.17, 15) is 0 Å². The van der Waals surface area contributed by atoms with E-state index in [-0.39, 0.29) is 0 Å². The summed E-state index contributed by atoms with van der Waals surface area (Å²) < 4.78 is 11.2. The quantitative estimate of drug-likeness (QED) is 0.626. The number of benzene rings is 2. The fraction of sp³-hybridized carbons (Fsp3) is 0.250. The Bertz CT molecular complexity index is 570. The predicted octanol–water partition coefficient (Wildman–Crippen LogP) is 3.01. The van der Waals surface area contributed by atoms with Crippen molar-refractivity contribution in [1.82, 2.24) is 0 Å². The maximum absolute atomic E-state index is 5.94. The minimum absolute atomic E-state index is 0.555. The van der Waals surface area contributed by atoms with Crippen molar-refractivity contribution in [1.29, 1.82) is 0 Å². The lowest BCUT2D eigenvalue weighted by atomic mass is 10.2. The van der Waals surface area contributed by atoms with E-state index in [0.717, 1.165) is 17.7 Å². The zero-order valence-electron chi connectivity index (χ0n) is 11.6. The fourth-order valence-corrected chi connectivity index (χ4v) is 1.81. The first kappa shape index (κ1) is 14.1. The first-order valence-electron chi connectivity index (χ1n) is 6.63. The van der Waals surface area contributed by atoms with Gasteiger partial charge in [0.1, 0.15) is 11.5 Å². The molecule has 2 aromatic carbocycles. The van der Waals surface area contributed by atoms with Crippen molar-refractivity contribution in [2.45, 2.75) is 13.3 Å². The van der Waals surface area contributed by atoms with Crippen LogP contribution in [0.4, 0.5) is 11.4 Å². The fourth-order valence-electron chi connectivity index (χ4n) is 1.81. The highest BCUT2D eigenvalue weighted by atomic mass is 16.5. The van der Waals surface area contributed by atoms with Crippen LogP contribution in [0.2, 0.25) is 0 Å². The summed E-state index contributed by atoms with van der Waals surface area (Å²) in [6.45, 7) is 3.07. The third kappa shape index (κ3) is 3.57. The Morgan fingerprint density at radius 1 is 0.850 bits per heavy atom. The second kappa shape index (κ2) is 6.70. The Morgan fingerprint density at radius 2 is 1.50 bits per heavy atom. The van der Waals surface area contributed by atoms with Gasteiger partial charge in [0.15, 0.2) is 0 Å². The molecule has 0 aliphatic rings. The number of nitrogens with two attached hydrogens (primary N) is 2. The van der Waals surface area contributed by atoms with Crippen LogP contribution in [0.3, 0.4) is 0 Å². The molecule has 0 fully saturated rings. The topological polar surface area (TPSA) is 70.5 Å². The van der Waals surface area contributed by atoms with Gasteiger partial charge in [-0.05, 0) is 30.7 Å². The summed E-state index contributed by atoms with van der Waals surface area (Å²) in [5.41, 5.74) is 14.1. The van der Waals surface area contributed by atoms with E-state index < -0.39 is 0 Å². The van der Waals surface area contributed by atoms with Crippen molar-refractivity contribution in [3.05, 3.63) is 48.0 Å². The number of hydrogen-bond acceptors (Lipinski definition) is 4. The average Bonchev–Trinajstić information content (AvgIpc) is 2.45. The lowest BCUT2D eigenvalue weighted by Gasteiger charge is -2.11. The molecule has 0 unspecified atom stereocenters. The van der Waals surface area contributed by atoms with Gasteiger partial charge in [-0.25, -0.2) is 0 Å². The number of ether oxygens (including phenoxy) is 2. The summed E-state index contributed by atoms with van der Waals surface area (Å²) in [4.78, 5) is 0. The summed E-state index contributed by atoms with van der Waals surface area (Å²) in [5, 5.41) is 0. The average molecular weight is 272 g/mol. The van der Waals surface area contributed by atoms with Gasteiger partial charge in [0.2, 0.25) is 0 Å². The van der Waals surface area contributed by atoms with E-state index in [1.54, 1.807) is 0 Å². The molecule has 0 saturated heterocycles. The molecule has 0 aliphatic heterocycles. The summed E-state index contributed by atoms with van der Waals surface area (Å²) in [6, 6.07) is 13.2. The molecular weight excluding hydrogens is 252 g/mol. The van der Waals surface area contributed by atoms with Gasteiger partial charge < -0.3 is 20.9 Å². The summed E-state index contributed by atoms with van der Waals surface area (Å²) in [5.74, 6) is 1.44. The number of aryl methyl sites for hydroxylation is 1. The van der Waals surface area contributed by atoms with Crippen LogP contribution in [-0.4, -0.2) is 13.2 Å². The van der Waals surface area contributed by atoms with Crippen LogP contribution in [0.25, 0.3) is 0 Å². The van der Waals surface area contributed by atoms with Gasteiger partial charge >= 0.3 is 0 Å². The Morgan fingerprint density at radius 3 is 2.25 bits per heavy atom. The molecule has 4 N–H and O–H groups in total. The van der Waals surface area contributed by atoms with E-state index in [4.69, 9.17) is 20.9 Å². The highest BCUT2D eigenvalue weighted by Crippen LogP contribution is 2.24. The molecule has 106 valence electrons. The van der Waals surface area contributed by atoms with Crippen molar-refractivity contribution < 1.29 is 9.47 Å². The molecule has 0 amide bonds. The molecule has 0 aliphatic carbocycles. The lowest BCUT2D eigenvalue weighted by Crippen LogP contribution is -2.07. The van der Waals surface area contributed by atoms with Crippen molar-refractivity contribution in [2.75, 3.05) is 24.7 Å². The molecule has 0 atom stereocenters. The Labute approximate surface area is 119 Å². The molecule has 2 aromatic rings. The van der Waals surface area contributed by atoms with E-state index in [1.807, 2.05) is 49.4 Å². The molecule has 0 aromatic heterocycles. The monoisotopic (exact) mass is 272 g/mol. The SMILES string of the molecule is Cc1cccc(OCCCOc2ccccc2N)c1N. The van der Waals surface area contributed by atoms with Crippen LogP contribution in [0.15, 0.2) is 42.5 Å². The highest BCUT2D eigenvalue weighted by molar-refractivity contribution is 5.57. The van der Waals surface area contributed by atoms with E-state index in [2.05, 4.69) is 0 Å². The maximum atomic E-state index is 5.94. The number of hydrogen-bond donors (Lipinski definition) is 2. The van der Waals surface area contributed by atoms with Crippen molar-refractivity contribution >= 4 is 11.4 Å². The summed E-state index contributed by atoms with van der Waals surface area (Å²) in [7, 11) is 0. The molecule has 0 saturated carbocycles. The Balaban J connectivity index is 1.75. The van der Waals surface area contributed by atoms with E-state index >= 15 is 0 Å². The molecule has 0 radical (unpaired) electrons. The minimum Gasteiger partial charge on any atom is -0.491 e. The molecule has 4 nitrogen and oxygen atoms in total. The molecule has 4 heteroatoms. The van der Waals surface area contributed by atoms with Gasteiger partial charge in [-0.15, -0.1) is 0 Å². The van der Waals surface area contributed by atoms with Crippen molar-refractivity contribution in [3.63, 3.8) is 0 Å². The number of para-hydroxylation sites is 3. The van der Waals surface area contributed by atoms with Crippen molar-refractivity contribution in [2.24, 2.45) is 0 Å². The second-order valence-electron chi connectivity index (χ2n) is 4.58. The van der Waals surface area contributed by atoms with Crippen LogP contribution in [0.5, 0.6) is 11.5 Å². The predicted molar refractivity (Wildman–Crippen MR) is 82.1 cm³/mol. The highest BCUT2D eigenvalue weighted by Gasteiger charge is 2.02. The number of rotatable bonds is 6. The summed E-state index contributed by atoms with van der Waals surface area (Å²) >= 11 is 0. The third-order valence-electron chi connectivity index (χ3n) is 3.01. The van der Waals surface area contributed by atoms with Crippen LogP contribution in [-0.2, 0) is 0 Å². The number of anilines is 2. The Hall–Kier alpha value is -2.36. The first-order valence-corrected chi connectivity index (χ1v) is 6.63. The maximum Gasteiger partial charge on any atom is 0.142 e. The van der Waals surface area contributed by atoms with Gasteiger partial charge in [-0.2, -0.15) is 0 Å². The molecule has 2 rings (SSSR count). The van der Waals surface area contributed by atoms with E-state index in [0.29, 0.717) is 30.3 Å². The minimum atomic E-state index is 0.555. The molecular formula is C16H20N2O2. The lowest BCUT2D eigenvalue weighted by molar-refractivity contribution is 0.249. The molecule has 0 heterocycles. The Kier molecular flexibility index (Phi) is 4.71. The van der Waals surface area contributed by atoms with Crippen LogP contribution < -0.4 is 20.9 Å². The van der Waals surface area contributed by atoms with Gasteiger partial charge in [-0.1, -0.05) is 24.3 Å². The van der Waals surface area contributed by atoms with Gasteiger partial charge in [-0.3, -0.25) is 0 Å². The third-order valence-corrected chi connectivity index (χ3v) is 3.01. The summed E-state index contributed by atoms with van der Waals surface area (Å²) in [6.07, 6.45) is 0.766. The molecule has 0 bridgehead atoms. The smallest absolute Gasteiger partial charge is 0.142 e. The normalized spacial score (nSPS) is 10.2. The van der Waals surface area contributed by atoms with E-state index in [1.165, 1.54) is 0 Å². The van der Waals surface area contributed by atoms with Gasteiger partial charge in [0.25, 0.3) is 0 Å². The van der Waals surface area contributed by atoms with Crippen molar-refractivity contribution in [3.8, 4) is 11.5 Å². The van der Waals surface area contributed by atoms with Crippen LogP contribution >= 0.6 is 0 Å². The van der Waals surface area contributed by atoms with Gasteiger partial charge in [0, 0.05) is 6.42 Å². The largest absolute Gasteiger partial charge is 0.491 e. The molecule has 20 heavy (non-hydrogen) atoms. The first-order chi connectivity index (χ1) is 9.68. The van der Waals surface area contributed by atoms with Crippen LogP contribution in [0, 0.1) is 6.92 Å². The second-order valence-corrected chi connectivity index (χ2v) is 4.58. The molecule has 0 spiro atoms. The standard InChI is InChI=1S/C16H20N2O2/c1-12-6-4-9-15(16(12)18)20-11-5-10-19-14-8-3-2-7-13(14)17/h2-4,6-9H,5,10-11,17-18H2,1H3. The number of nitrogen functional groups attached to an aromatic ring is 2.